The quantitative estimate of drug-likeness (QED) is 0.859. The summed E-state index contributed by atoms with van der Waals surface area (Å²) in [5.41, 5.74) is 0.255. The molecule has 132 valence electrons. The number of carboxylic acid groups (broad SMARTS) is 1. The van der Waals surface area contributed by atoms with Crippen LogP contribution in [0.3, 0.4) is 0 Å². The van der Waals surface area contributed by atoms with Crippen LogP contribution in [-0.4, -0.2) is 61.3 Å². The molecular weight excluding hydrogens is 332 g/mol. The van der Waals surface area contributed by atoms with Gasteiger partial charge < -0.3 is 10.0 Å². The van der Waals surface area contributed by atoms with E-state index in [1.54, 1.807) is 0 Å². The van der Waals surface area contributed by atoms with Gasteiger partial charge in [-0.2, -0.15) is 4.31 Å². The van der Waals surface area contributed by atoms with Gasteiger partial charge in [0.25, 0.3) is 5.91 Å². The zero-order valence-corrected chi connectivity index (χ0v) is 14.6. The lowest BCUT2D eigenvalue weighted by molar-refractivity contribution is -0.137. The SMILES string of the molecule is CC1CCN(S(=O)(=O)c2ccc(C(=O)N(C)CC(=O)O)cc2)CC1. The number of amides is 1. The highest BCUT2D eigenvalue weighted by Gasteiger charge is 2.28. The number of piperidine rings is 1. The number of carbonyl (C=O) groups is 2. The molecule has 2 rings (SSSR count). The van der Waals surface area contributed by atoms with E-state index in [4.69, 9.17) is 5.11 Å². The molecule has 0 unspecified atom stereocenters. The lowest BCUT2D eigenvalue weighted by atomic mass is 10.0. The van der Waals surface area contributed by atoms with E-state index in [1.165, 1.54) is 35.6 Å². The van der Waals surface area contributed by atoms with Crippen LogP contribution in [0.5, 0.6) is 0 Å². The minimum Gasteiger partial charge on any atom is -0.480 e. The van der Waals surface area contributed by atoms with Crippen molar-refractivity contribution in [1.82, 2.24) is 9.21 Å². The van der Waals surface area contributed by atoms with Crippen molar-refractivity contribution in [3.8, 4) is 0 Å². The topological polar surface area (TPSA) is 95.0 Å². The summed E-state index contributed by atoms with van der Waals surface area (Å²) in [5, 5.41) is 8.71. The smallest absolute Gasteiger partial charge is 0.323 e. The second-order valence-electron chi connectivity index (χ2n) is 6.17. The fraction of sp³-hybridized carbons (Fsp3) is 0.500. The summed E-state index contributed by atoms with van der Waals surface area (Å²) in [6.45, 7) is 2.71. The lowest BCUT2D eigenvalue weighted by Gasteiger charge is -2.29. The largest absolute Gasteiger partial charge is 0.480 e. The van der Waals surface area contributed by atoms with E-state index < -0.39 is 28.4 Å². The first kappa shape index (κ1) is 18.4. The Morgan fingerprint density at radius 2 is 1.75 bits per heavy atom. The molecule has 0 spiro atoms. The summed E-state index contributed by atoms with van der Waals surface area (Å²) in [6, 6.07) is 5.63. The van der Waals surface area contributed by atoms with Gasteiger partial charge in [0.2, 0.25) is 10.0 Å². The van der Waals surface area contributed by atoms with E-state index in [9.17, 15) is 18.0 Å². The molecule has 0 aromatic heterocycles. The molecule has 1 N–H and O–H groups in total. The second kappa shape index (κ2) is 7.31. The first-order valence-electron chi connectivity index (χ1n) is 7.79. The minimum atomic E-state index is -3.55. The molecular formula is C16H22N2O5S. The second-order valence-corrected chi connectivity index (χ2v) is 8.10. The van der Waals surface area contributed by atoms with Crippen LogP contribution in [0.2, 0.25) is 0 Å². The van der Waals surface area contributed by atoms with Gasteiger partial charge in [0.05, 0.1) is 4.90 Å². The highest BCUT2D eigenvalue weighted by Crippen LogP contribution is 2.23. The summed E-state index contributed by atoms with van der Waals surface area (Å²) in [6.07, 6.45) is 1.69. The predicted molar refractivity (Wildman–Crippen MR) is 88.2 cm³/mol. The number of carboxylic acids is 1. The van der Waals surface area contributed by atoms with E-state index >= 15 is 0 Å². The lowest BCUT2D eigenvalue weighted by Crippen LogP contribution is -2.37. The Morgan fingerprint density at radius 1 is 1.21 bits per heavy atom. The summed E-state index contributed by atoms with van der Waals surface area (Å²) >= 11 is 0. The molecule has 1 aromatic carbocycles. The van der Waals surface area contributed by atoms with Crippen LogP contribution in [-0.2, 0) is 14.8 Å². The third-order valence-electron chi connectivity index (χ3n) is 4.20. The zero-order valence-electron chi connectivity index (χ0n) is 13.8. The number of hydrogen-bond acceptors (Lipinski definition) is 4. The first-order valence-corrected chi connectivity index (χ1v) is 9.23. The van der Waals surface area contributed by atoms with Gasteiger partial charge in [0.1, 0.15) is 6.54 Å². The van der Waals surface area contributed by atoms with Gasteiger partial charge in [0, 0.05) is 25.7 Å². The Balaban J connectivity index is 2.13. The van der Waals surface area contributed by atoms with Crippen molar-refractivity contribution >= 4 is 21.9 Å². The van der Waals surface area contributed by atoms with Gasteiger partial charge in [-0.1, -0.05) is 6.92 Å². The summed E-state index contributed by atoms with van der Waals surface area (Å²) in [5.74, 6) is -1.04. The Kier molecular flexibility index (Phi) is 5.61. The maximum Gasteiger partial charge on any atom is 0.323 e. The van der Waals surface area contributed by atoms with E-state index in [0.29, 0.717) is 19.0 Å². The van der Waals surface area contributed by atoms with Crippen LogP contribution in [0.25, 0.3) is 0 Å². The Hall–Kier alpha value is -1.93. The van der Waals surface area contributed by atoms with Crippen LogP contribution >= 0.6 is 0 Å². The molecule has 1 fully saturated rings. The number of rotatable bonds is 5. The van der Waals surface area contributed by atoms with Crippen LogP contribution in [0, 0.1) is 5.92 Å². The number of carbonyl (C=O) groups excluding carboxylic acids is 1. The van der Waals surface area contributed by atoms with Crippen molar-refractivity contribution in [1.29, 1.82) is 0 Å². The summed E-state index contributed by atoms with van der Waals surface area (Å²) in [7, 11) is -2.17. The maximum absolute atomic E-state index is 12.6. The summed E-state index contributed by atoms with van der Waals surface area (Å²) < 4.78 is 26.7. The average molecular weight is 354 g/mol. The van der Waals surface area contributed by atoms with Gasteiger partial charge in [-0.25, -0.2) is 8.42 Å². The van der Waals surface area contributed by atoms with Crippen LogP contribution in [0.15, 0.2) is 29.2 Å². The molecule has 1 aliphatic rings. The van der Waals surface area contributed by atoms with Crippen LogP contribution in [0.1, 0.15) is 30.1 Å². The standard InChI is InChI=1S/C16H22N2O5S/c1-12-7-9-18(10-8-12)24(22,23)14-5-3-13(4-6-14)16(21)17(2)11-15(19)20/h3-6,12H,7-11H2,1-2H3,(H,19,20). The first-order chi connectivity index (χ1) is 11.2. The Labute approximate surface area is 141 Å². The van der Waals surface area contributed by atoms with E-state index in [2.05, 4.69) is 6.92 Å². The number of likely N-dealkylation sites (N-methyl/N-ethyl adjacent to an activating group) is 1. The molecule has 7 nitrogen and oxygen atoms in total. The van der Waals surface area contributed by atoms with Crippen molar-refractivity contribution < 1.29 is 23.1 Å². The Morgan fingerprint density at radius 3 is 2.25 bits per heavy atom. The van der Waals surface area contributed by atoms with Crippen molar-refractivity contribution in [2.24, 2.45) is 5.92 Å². The van der Waals surface area contributed by atoms with Crippen molar-refractivity contribution in [3.05, 3.63) is 29.8 Å². The zero-order chi connectivity index (χ0) is 17.9. The highest BCUT2D eigenvalue weighted by molar-refractivity contribution is 7.89. The molecule has 1 heterocycles. The molecule has 0 aliphatic carbocycles. The molecule has 0 bridgehead atoms. The predicted octanol–water partition coefficient (Wildman–Crippen LogP) is 1.26. The van der Waals surface area contributed by atoms with E-state index in [0.717, 1.165) is 17.7 Å². The molecule has 8 heteroatoms. The van der Waals surface area contributed by atoms with Gasteiger partial charge in [-0.15, -0.1) is 0 Å². The molecule has 0 radical (unpaired) electrons. The number of aliphatic carboxylic acids is 1. The number of hydrogen-bond donors (Lipinski definition) is 1. The number of nitrogens with zero attached hydrogens (tertiary/aromatic N) is 2. The van der Waals surface area contributed by atoms with Crippen molar-refractivity contribution in [2.45, 2.75) is 24.7 Å². The minimum absolute atomic E-state index is 0.148. The van der Waals surface area contributed by atoms with Crippen LogP contribution in [0.4, 0.5) is 0 Å². The fourth-order valence-electron chi connectivity index (χ4n) is 2.64. The number of sulfonamides is 1. The average Bonchev–Trinajstić information content (AvgIpc) is 2.54. The van der Waals surface area contributed by atoms with Crippen LogP contribution < -0.4 is 0 Å². The molecule has 0 saturated carbocycles. The number of benzene rings is 1. The molecule has 24 heavy (non-hydrogen) atoms. The van der Waals surface area contributed by atoms with E-state index in [1.807, 2.05) is 0 Å². The normalized spacial score (nSPS) is 16.8. The van der Waals surface area contributed by atoms with E-state index in [-0.39, 0.29) is 10.5 Å². The van der Waals surface area contributed by atoms with Crippen molar-refractivity contribution in [2.75, 3.05) is 26.7 Å². The van der Waals surface area contributed by atoms with Crippen molar-refractivity contribution in [3.63, 3.8) is 0 Å². The van der Waals surface area contributed by atoms with Gasteiger partial charge in [0.15, 0.2) is 0 Å². The summed E-state index contributed by atoms with van der Waals surface area (Å²) in [4.78, 5) is 23.9. The fourth-order valence-corrected chi connectivity index (χ4v) is 4.11. The molecule has 1 aromatic rings. The molecule has 1 aliphatic heterocycles. The highest BCUT2D eigenvalue weighted by atomic mass is 32.2. The van der Waals surface area contributed by atoms with Gasteiger partial charge in [-0.05, 0) is 43.0 Å². The van der Waals surface area contributed by atoms with Gasteiger partial charge in [-0.3, -0.25) is 9.59 Å². The maximum atomic E-state index is 12.6. The monoisotopic (exact) mass is 354 g/mol. The molecule has 1 amide bonds. The Bertz CT molecular complexity index is 706. The molecule has 0 atom stereocenters. The third kappa shape index (κ3) is 4.12. The third-order valence-corrected chi connectivity index (χ3v) is 6.11. The molecule has 1 saturated heterocycles. The van der Waals surface area contributed by atoms with Gasteiger partial charge >= 0.3 is 5.97 Å².